The lowest BCUT2D eigenvalue weighted by Gasteiger charge is -2.48. The molecule has 0 spiro atoms. The summed E-state index contributed by atoms with van der Waals surface area (Å²) in [5.74, 6) is 1.75. The number of fused-ring (bicyclic) bond motifs is 1. The van der Waals surface area contributed by atoms with E-state index in [1.807, 2.05) is 24.3 Å². The highest BCUT2D eigenvalue weighted by Gasteiger charge is 2.45. The molecule has 4 nitrogen and oxygen atoms in total. The van der Waals surface area contributed by atoms with E-state index in [1.54, 1.807) is 7.11 Å². The molecule has 27 heavy (non-hydrogen) atoms. The van der Waals surface area contributed by atoms with Crippen LogP contribution in [0, 0.1) is 5.92 Å². The van der Waals surface area contributed by atoms with Crippen molar-refractivity contribution in [2.24, 2.45) is 5.92 Å². The normalized spacial score (nSPS) is 27.6. The average molecular weight is 367 g/mol. The van der Waals surface area contributed by atoms with Gasteiger partial charge < -0.3 is 19.9 Å². The number of ether oxygens (including phenoxy) is 2. The summed E-state index contributed by atoms with van der Waals surface area (Å²) in [5, 5.41) is 14.8. The standard InChI is InChI=1S/C23H29NO3/c1-26-20-11-10-18(15-21(20)27-16-17-7-3-2-4-8-17)22-19-9-5-6-12-23(19,25)13-14-24-22/h2-4,7-8,10-11,15,19,22,24-25H,5-6,9,12-14,16H2,1H3. The maximum Gasteiger partial charge on any atom is 0.161 e. The number of nitrogens with one attached hydrogen (secondary N) is 1. The Hall–Kier alpha value is -2.04. The van der Waals surface area contributed by atoms with Crippen LogP contribution in [0.3, 0.4) is 0 Å². The van der Waals surface area contributed by atoms with Gasteiger partial charge in [0.05, 0.1) is 12.7 Å². The fourth-order valence-electron chi connectivity index (χ4n) is 4.71. The highest BCUT2D eigenvalue weighted by molar-refractivity contribution is 5.44. The number of hydrogen-bond donors (Lipinski definition) is 2. The molecule has 4 heteroatoms. The van der Waals surface area contributed by atoms with Crippen molar-refractivity contribution in [1.29, 1.82) is 0 Å². The molecule has 1 aliphatic heterocycles. The van der Waals surface area contributed by atoms with Gasteiger partial charge >= 0.3 is 0 Å². The maximum absolute atomic E-state index is 11.1. The molecule has 0 amide bonds. The van der Waals surface area contributed by atoms with Crippen LogP contribution >= 0.6 is 0 Å². The van der Waals surface area contributed by atoms with E-state index in [1.165, 1.54) is 12.0 Å². The smallest absolute Gasteiger partial charge is 0.161 e. The Morgan fingerprint density at radius 1 is 1.07 bits per heavy atom. The van der Waals surface area contributed by atoms with Crippen molar-refractivity contribution in [3.8, 4) is 11.5 Å². The number of hydrogen-bond acceptors (Lipinski definition) is 4. The second-order valence-corrected chi connectivity index (χ2v) is 7.82. The van der Waals surface area contributed by atoms with Crippen molar-refractivity contribution in [3.05, 3.63) is 59.7 Å². The molecule has 0 bridgehead atoms. The fourth-order valence-corrected chi connectivity index (χ4v) is 4.71. The first-order valence-electron chi connectivity index (χ1n) is 10.00. The van der Waals surface area contributed by atoms with Gasteiger partial charge in [-0.25, -0.2) is 0 Å². The van der Waals surface area contributed by atoms with E-state index in [0.29, 0.717) is 6.61 Å². The molecular formula is C23H29NO3. The summed E-state index contributed by atoms with van der Waals surface area (Å²) >= 11 is 0. The van der Waals surface area contributed by atoms with Gasteiger partial charge in [0.2, 0.25) is 0 Å². The van der Waals surface area contributed by atoms with Crippen LogP contribution in [0.25, 0.3) is 0 Å². The molecule has 3 atom stereocenters. The van der Waals surface area contributed by atoms with Crippen LogP contribution in [0.2, 0.25) is 0 Å². The number of aliphatic hydroxyl groups is 1. The maximum atomic E-state index is 11.1. The van der Waals surface area contributed by atoms with Crippen molar-refractivity contribution in [2.45, 2.75) is 50.4 Å². The van der Waals surface area contributed by atoms with Gasteiger partial charge in [0.1, 0.15) is 6.61 Å². The van der Waals surface area contributed by atoms with Gasteiger partial charge in [0.15, 0.2) is 11.5 Å². The molecular weight excluding hydrogens is 338 g/mol. The molecule has 0 aromatic heterocycles. The largest absolute Gasteiger partial charge is 0.493 e. The molecule has 1 heterocycles. The summed E-state index contributed by atoms with van der Waals surface area (Å²) in [6, 6.07) is 16.5. The molecule has 4 rings (SSSR count). The fraction of sp³-hybridized carbons (Fsp3) is 0.478. The Kier molecular flexibility index (Phi) is 5.37. The lowest BCUT2D eigenvalue weighted by Crippen LogP contribution is -2.53. The molecule has 2 N–H and O–H groups in total. The zero-order valence-electron chi connectivity index (χ0n) is 16.0. The van der Waals surface area contributed by atoms with Gasteiger partial charge in [0, 0.05) is 12.0 Å². The highest BCUT2D eigenvalue weighted by atomic mass is 16.5. The van der Waals surface area contributed by atoms with Crippen molar-refractivity contribution in [3.63, 3.8) is 0 Å². The quantitative estimate of drug-likeness (QED) is 0.830. The van der Waals surface area contributed by atoms with Crippen molar-refractivity contribution < 1.29 is 14.6 Å². The van der Waals surface area contributed by atoms with Crippen molar-refractivity contribution in [2.75, 3.05) is 13.7 Å². The van der Waals surface area contributed by atoms with E-state index in [0.717, 1.165) is 49.3 Å². The van der Waals surface area contributed by atoms with Crippen LogP contribution in [0.15, 0.2) is 48.5 Å². The summed E-state index contributed by atoms with van der Waals surface area (Å²) in [4.78, 5) is 0. The Bertz CT molecular complexity index is 759. The van der Waals surface area contributed by atoms with Gasteiger partial charge in [-0.1, -0.05) is 49.2 Å². The van der Waals surface area contributed by atoms with Crippen molar-refractivity contribution in [1.82, 2.24) is 5.32 Å². The minimum absolute atomic E-state index is 0.161. The van der Waals surface area contributed by atoms with Crippen LogP contribution in [0.5, 0.6) is 11.5 Å². The highest BCUT2D eigenvalue weighted by Crippen LogP contribution is 2.46. The second kappa shape index (κ2) is 7.91. The lowest BCUT2D eigenvalue weighted by molar-refractivity contribution is -0.0861. The number of piperidine rings is 1. The minimum atomic E-state index is -0.529. The van der Waals surface area contributed by atoms with Gasteiger partial charge in [-0.15, -0.1) is 0 Å². The second-order valence-electron chi connectivity index (χ2n) is 7.82. The molecule has 1 aliphatic carbocycles. The third-order valence-corrected chi connectivity index (χ3v) is 6.17. The van der Waals surface area contributed by atoms with E-state index in [9.17, 15) is 5.11 Å². The number of methoxy groups -OCH3 is 1. The monoisotopic (exact) mass is 367 g/mol. The summed E-state index contributed by atoms with van der Waals surface area (Å²) in [5.41, 5.74) is 1.77. The number of rotatable bonds is 5. The lowest BCUT2D eigenvalue weighted by atomic mass is 9.67. The van der Waals surface area contributed by atoms with Gasteiger partial charge in [-0.3, -0.25) is 0 Å². The van der Waals surface area contributed by atoms with Crippen LogP contribution in [0.1, 0.15) is 49.3 Å². The predicted molar refractivity (Wildman–Crippen MR) is 106 cm³/mol. The van der Waals surface area contributed by atoms with E-state index in [2.05, 4.69) is 29.6 Å². The van der Waals surface area contributed by atoms with Crippen LogP contribution in [0.4, 0.5) is 0 Å². The predicted octanol–water partition coefficient (Wildman–Crippen LogP) is 4.23. The van der Waals surface area contributed by atoms with E-state index in [4.69, 9.17) is 9.47 Å². The Balaban J connectivity index is 1.57. The molecule has 2 fully saturated rings. The molecule has 2 aliphatic rings. The molecule has 144 valence electrons. The zero-order chi connectivity index (χ0) is 18.7. The summed E-state index contributed by atoms with van der Waals surface area (Å²) in [7, 11) is 1.67. The van der Waals surface area contributed by atoms with Gasteiger partial charge in [0.25, 0.3) is 0 Å². The van der Waals surface area contributed by atoms with Crippen LogP contribution < -0.4 is 14.8 Å². The Morgan fingerprint density at radius 2 is 1.93 bits per heavy atom. The Morgan fingerprint density at radius 3 is 2.74 bits per heavy atom. The first-order chi connectivity index (χ1) is 13.2. The van der Waals surface area contributed by atoms with Crippen LogP contribution in [-0.4, -0.2) is 24.4 Å². The van der Waals surface area contributed by atoms with Gasteiger partial charge in [-0.05, 0) is 49.1 Å². The molecule has 1 saturated carbocycles. The van der Waals surface area contributed by atoms with E-state index in [-0.39, 0.29) is 12.0 Å². The molecule has 1 saturated heterocycles. The van der Waals surface area contributed by atoms with E-state index >= 15 is 0 Å². The third kappa shape index (κ3) is 3.83. The molecule has 3 unspecified atom stereocenters. The number of benzene rings is 2. The minimum Gasteiger partial charge on any atom is -0.493 e. The molecule has 2 aromatic rings. The Labute approximate surface area is 161 Å². The first kappa shape index (κ1) is 18.3. The summed E-state index contributed by atoms with van der Waals surface area (Å²) < 4.78 is 11.6. The molecule has 0 radical (unpaired) electrons. The third-order valence-electron chi connectivity index (χ3n) is 6.17. The summed E-state index contributed by atoms with van der Waals surface area (Å²) in [6.07, 6.45) is 5.16. The zero-order valence-corrected chi connectivity index (χ0v) is 16.0. The van der Waals surface area contributed by atoms with E-state index < -0.39 is 5.60 Å². The molecule has 2 aromatic carbocycles. The van der Waals surface area contributed by atoms with Gasteiger partial charge in [-0.2, -0.15) is 0 Å². The van der Waals surface area contributed by atoms with Crippen molar-refractivity contribution >= 4 is 0 Å². The van der Waals surface area contributed by atoms with Crippen LogP contribution in [-0.2, 0) is 6.61 Å². The first-order valence-corrected chi connectivity index (χ1v) is 10.00. The topological polar surface area (TPSA) is 50.7 Å². The SMILES string of the molecule is COc1ccc(C2NCCC3(O)CCCCC23)cc1OCc1ccccc1. The summed E-state index contributed by atoms with van der Waals surface area (Å²) in [6.45, 7) is 1.36. The average Bonchev–Trinajstić information content (AvgIpc) is 2.72.